The molecule has 0 bridgehead atoms. The molecule has 0 aliphatic carbocycles. The molecule has 3 rings (SSSR count). The maximum Gasteiger partial charge on any atom is 0.257 e. The molecule has 1 fully saturated rings. The summed E-state index contributed by atoms with van der Waals surface area (Å²) < 4.78 is 32.8. The number of nitrogens with zero attached hydrogens (tertiary/aromatic N) is 3. The van der Waals surface area contributed by atoms with Crippen molar-refractivity contribution in [1.82, 2.24) is 14.7 Å². The predicted molar refractivity (Wildman–Crippen MR) is 83.8 cm³/mol. The molecule has 9 heteroatoms. The van der Waals surface area contributed by atoms with E-state index in [0.29, 0.717) is 35.4 Å². The summed E-state index contributed by atoms with van der Waals surface area (Å²) in [5.41, 5.74) is 0. The van der Waals surface area contributed by atoms with Gasteiger partial charge in [-0.25, -0.2) is 23.1 Å². The van der Waals surface area contributed by atoms with E-state index in [1.54, 1.807) is 37.0 Å². The van der Waals surface area contributed by atoms with Gasteiger partial charge < -0.3 is 9.64 Å². The lowest BCUT2D eigenvalue weighted by molar-refractivity contribution is 0.396. The second-order valence-corrected chi connectivity index (χ2v) is 7.76. The highest BCUT2D eigenvalue weighted by Gasteiger charge is 2.29. The average molecular weight is 340 g/mol. The van der Waals surface area contributed by atoms with Crippen LogP contribution in [0, 0.1) is 0 Å². The molecule has 1 atom stereocenters. The van der Waals surface area contributed by atoms with Crippen LogP contribution in [0.1, 0.15) is 6.42 Å². The van der Waals surface area contributed by atoms with E-state index in [2.05, 4.69) is 14.7 Å². The molecule has 22 heavy (non-hydrogen) atoms. The zero-order chi connectivity index (χ0) is 15.6. The molecular weight excluding hydrogens is 324 g/mol. The Kier molecular flexibility index (Phi) is 4.27. The highest BCUT2D eigenvalue weighted by molar-refractivity contribution is 7.91. The van der Waals surface area contributed by atoms with Crippen molar-refractivity contribution in [3.8, 4) is 5.88 Å². The molecule has 1 N–H and O–H groups in total. The minimum absolute atomic E-state index is 0.154. The Labute approximate surface area is 133 Å². The molecule has 0 saturated carbocycles. The number of sulfonamides is 1. The molecule has 0 radical (unpaired) electrons. The standard InChI is InChI=1S/C13H16N4O3S2/c1-20-13-12(14-5-6-15-13)17-7-4-10(9-17)16-22(18,19)11-3-2-8-21-11/h2-3,5-6,8,10,16H,4,7,9H2,1H3/t10-/m1/s1. The topological polar surface area (TPSA) is 84.4 Å². The number of nitrogens with one attached hydrogen (secondary N) is 1. The monoisotopic (exact) mass is 340 g/mol. The molecular formula is C13H16N4O3S2. The Morgan fingerprint density at radius 3 is 2.95 bits per heavy atom. The third-order valence-electron chi connectivity index (χ3n) is 3.41. The van der Waals surface area contributed by atoms with Crippen LogP contribution in [0.15, 0.2) is 34.1 Å². The Morgan fingerprint density at radius 1 is 1.41 bits per heavy atom. The summed E-state index contributed by atoms with van der Waals surface area (Å²) in [5.74, 6) is 1.09. The Morgan fingerprint density at radius 2 is 2.23 bits per heavy atom. The molecule has 7 nitrogen and oxygen atoms in total. The molecule has 1 saturated heterocycles. The molecule has 0 aromatic carbocycles. The van der Waals surface area contributed by atoms with Crippen LogP contribution < -0.4 is 14.4 Å². The van der Waals surface area contributed by atoms with Crippen LogP contribution in [-0.2, 0) is 10.0 Å². The van der Waals surface area contributed by atoms with Crippen LogP contribution in [0.2, 0.25) is 0 Å². The largest absolute Gasteiger partial charge is 0.478 e. The van der Waals surface area contributed by atoms with Crippen molar-refractivity contribution >= 4 is 27.2 Å². The smallest absolute Gasteiger partial charge is 0.257 e. The van der Waals surface area contributed by atoms with E-state index < -0.39 is 10.0 Å². The number of methoxy groups -OCH3 is 1. The maximum absolute atomic E-state index is 12.2. The first-order valence-corrected chi connectivity index (χ1v) is 9.12. The number of anilines is 1. The summed E-state index contributed by atoms with van der Waals surface area (Å²) in [6.07, 6.45) is 3.88. The number of hydrogen-bond acceptors (Lipinski definition) is 7. The SMILES string of the molecule is COc1nccnc1N1CC[C@@H](NS(=O)(=O)c2cccs2)C1. The second-order valence-electron chi connectivity index (χ2n) is 4.87. The van der Waals surface area contributed by atoms with Gasteiger partial charge >= 0.3 is 0 Å². The molecule has 0 amide bonds. The van der Waals surface area contributed by atoms with Gasteiger partial charge in [0.05, 0.1) is 7.11 Å². The summed E-state index contributed by atoms with van der Waals surface area (Å²) in [6, 6.07) is 3.18. The Hall–Kier alpha value is -1.71. The van der Waals surface area contributed by atoms with Crippen molar-refractivity contribution in [3.63, 3.8) is 0 Å². The van der Waals surface area contributed by atoms with Gasteiger partial charge in [0.2, 0.25) is 10.0 Å². The van der Waals surface area contributed by atoms with Crippen molar-refractivity contribution in [2.75, 3.05) is 25.1 Å². The van der Waals surface area contributed by atoms with E-state index in [1.165, 1.54) is 11.3 Å². The normalized spacial score (nSPS) is 18.6. The fourth-order valence-corrected chi connectivity index (χ4v) is 4.69. The van der Waals surface area contributed by atoms with E-state index in [9.17, 15) is 8.42 Å². The second kappa shape index (κ2) is 6.19. The molecule has 1 aliphatic rings. The summed E-state index contributed by atoms with van der Waals surface area (Å²) in [7, 11) is -1.90. The van der Waals surface area contributed by atoms with E-state index >= 15 is 0 Å². The van der Waals surface area contributed by atoms with Gasteiger partial charge in [0.25, 0.3) is 5.88 Å². The molecule has 2 aromatic heterocycles. The van der Waals surface area contributed by atoms with Gasteiger partial charge in [0, 0.05) is 31.5 Å². The number of thiophene rings is 1. The first-order valence-electron chi connectivity index (χ1n) is 6.76. The van der Waals surface area contributed by atoms with Gasteiger partial charge in [-0.15, -0.1) is 11.3 Å². The minimum Gasteiger partial charge on any atom is -0.478 e. The van der Waals surface area contributed by atoms with Crippen LogP contribution in [-0.4, -0.2) is 44.6 Å². The summed E-state index contributed by atoms with van der Waals surface area (Å²) in [6.45, 7) is 1.24. The van der Waals surface area contributed by atoms with Crippen LogP contribution in [0.4, 0.5) is 5.82 Å². The van der Waals surface area contributed by atoms with Crippen LogP contribution >= 0.6 is 11.3 Å². The summed E-state index contributed by atoms with van der Waals surface area (Å²) in [4.78, 5) is 10.4. The Bertz CT molecular complexity index is 734. The van der Waals surface area contributed by atoms with Gasteiger partial charge in [-0.1, -0.05) is 6.07 Å². The highest BCUT2D eigenvalue weighted by atomic mass is 32.2. The molecule has 0 unspecified atom stereocenters. The third kappa shape index (κ3) is 3.06. The van der Waals surface area contributed by atoms with Crippen LogP contribution in [0.3, 0.4) is 0 Å². The number of rotatable bonds is 5. The van der Waals surface area contributed by atoms with E-state index in [4.69, 9.17) is 4.74 Å². The van der Waals surface area contributed by atoms with Gasteiger partial charge in [-0.2, -0.15) is 0 Å². The van der Waals surface area contributed by atoms with Gasteiger partial charge in [0.1, 0.15) is 4.21 Å². The first kappa shape index (κ1) is 15.2. The predicted octanol–water partition coefficient (Wildman–Crippen LogP) is 1.10. The lowest BCUT2D eigenvalue weighted by Crippen LogP contribution is -2.37. The number of hydrogen-bond donors (Lipinski definition) is 1. The van der Waals surface area contributed by atoms with E-state index in [-0.39, 0.29) is 6.04 Å². The van der Waals surface area contributed by atoms with Gasteiger partial charge in [0.15, 0.2) is 5.82 Å². The maximum atomic E-state index is 12.2. The van der Waals surface area contributed by atoms with E-state index in [0.717, 1.165) is 0 Å². The zero-order valence-corrected chi connectivity index (χ0v) is 13.6. The van der Waals surface area contributed by atoms with Crippen molar-refractivity contribution < 1.29 is 13.2 Å². The molecule has 3 heterocycles. The lowest BCUT2D eigenvalue weighted by Gasteiger charge is -2.19. The fraction of sp³-hybridized carbons (Fsp3) is 0.385. The lowest BCUT2D eigenvalue weighted by atomic mass is 10.3. The van der Waals surface area contributed by atoms with Crippen molar-refractivity contribution in [2.45, 2.75) is 16.7 Å². The van der Waals surface area contributed by atoms with E-state index in [1.807, 2.05) is 4.90 Å². The molecule has 0 spiro atoms. The number of ether oxygens (including phenoxy) is 1. The van der Waals surface area contributed by atoms with Crippen LogP contribution in [0.5, 0.6) is 5.88 Å². The fourth-order valence-electron chi connectivity index (χ4n) is 2.42. The summed E-state index contributed by atoms with van der Waals surface area (Å²) >= 11 is 1.21. The summed E-state index contributed by atoms with van der Waals surface area (Å²) in [5, 5.41) is 1.75. The number of aromatic nitrogens is 2. The van der Waals surface area contributed by atoms with Crippen molar-refractivity contribution in [3.05, 3.63) is 29.9 Å². The Balaban J connectivity index is 1.70. The van der Waals surface area contributed by atoms with Crippen molar-refractivity contribution in [2.24, 2.45) is 0 Å². The van der Waals surface area contributed by atoms with Crippen molar-refractivity contribution in [1.29, 1.82) is 0 Å². The molecule has 2 aromatic rings. The first-order chi connectivity index (χ1) is 10.6. The molecule has 1 aliphatic heterocycles. The highest BCUT2D eigenvalue weighted by Crippen LogP contribution is 2.26. The zero-order valence-electron chi connectivity index (χ0n) is 12.0. The van der Waals surface area contributed by atoms with Gasteiger partial charge in [-0.05, 0) is 17.9 Å². The molecule has 118 valence electrons. The quantitative estimate of drug-likeness (QED) is 0.877. The average Bonchev–Trinajstić information content (AvgIpc) is 3.18. The third-order valence-corrected chi connectivity index (χ3v) is 6.33. The minimum atomic E-state index is -3.45. The van der Waals surface area contributed by atoms with Gasteiger partial charge in [-0.3, -0.25) is 0 Å². The van der Waals surface area contributed by atoms with Crippen LogP contribution in [0.25, 0.3) is 0 Å².